The highest BCUT2D eigenvalue weighted by Gasteiger charge is 2.16. The third-order valence-corrected chi connectivity index (χ3v) is 2.78. The average molecular weight is 271 g/mol. The van der Waals surface area contributed by atoms with Gasteiger partial charge in [-0.15, -0.1) is 0 Å². The number of pyridine rings is 2. The minimum Gasteiger partial charge on any atom is -0.477 e. The standard InChI is InChI=1S/C15H17N3O2/c1-3-20-15-12(7-6-10-17-15)14(19)18-11(2)13-8-4-5-9-16-13/h4-11H,3H2,1-2H3,(H,18,19). The van der Waals surface area contributed by atoms with E-state index >= 15 is 0 Å². The van der Waals surface area contributed by atoms with Crippen LogP contribution in [0.1, 0.15) is 35.9 Å². The highest BCUT2D eigenvalue weighted by molar-refractivity contribution is 5.96. The van der Waals surface area contributed by atoms with Crippen LogP contribution < -0.4 is 10.1 Å². The maximum absolute atomic E-state index is 12.3. The monoisotopic (exact) mass is 271 g/mol. The molecule has 104 valence electrons. The van der Waals surface area contributed by atoms with E-state index in [4.69, 9.17) is 4.74 Å². The zero-order valence-corrected chi connectivity index (χ0v) is 11.5. The van der Waals surface area contributed by atoms with E-state index in [2.05, 4.69) is 15.3 Å². The molecule has 5 nitrogen and oxygen atoms in total. The van der Waals surface area contributed by atoms with Gasteiger partial charge in [0.2, 0.25) is 5.88 Å². The first kappa shape index (κ1) is 14.0. The molecule has 0 aliphatic heterocycles. The van der Waals surface area contributed by atoms with Crippen molar-refractivity contribution < 1.29 is 9.53 Å². The molecule has 2 heterocycles. The Morgan fingerprint density at radius 3 is 2.75 bits per heavy atom. The lowest BCUT2D eigenvalue weighted by atomic mass is 10.2. The Morgan fingerprint density at radius 1 is 1.25 bits per heavy atom. The summed E-state index contributed by atoms with van der Waals surface area (Å²) in [6.45, 7) is 4.21. The topological polar surface area (TPSA) is 64.1 Å². The molecule has 1 N–H and O–H groups in total. The molecule has 2 aromatic rings. The summed E-state index contributed by atoms with van der Waals surface area (Å²) in [5.41, 5.74) is 1.24. The van der Waals surface area contributed by atoms with Crippen molar-refractivity contribution in [3.63, 3.8) is 0 Å². The molecular formula is C15H17N3O2. The van der Waals surface area contributed by atoms with Crippen molar-refractivity contribution in [2.45, 2.75) is 19.9 Å². The van der Waals surface area contributed by atoms with E-state index in [-0.39, 0.29) is 11.9 Å². The van der Waals surface area contributed by atoms with E-state index in [0.29, 0.717) is 18.1 Å². The maximum Gasteiger partial charge on any atom is 0.257 e. The molecule has 0 spiro atoms. The van der Waals surface area contributed by atoms with Gasteiger partial charge < -0.3 is 10.1 Å². The minimum absolute atomic E-state index is 0.182. The Hall–Kier alpha value is -2.43. The predicted octanol–water partition coefficient (Wildman–Crippen LogP) is 2.37. The van der Waals surface area contributed by atoms with E-state index in [1.807, 2.05) is 32.0 Å². The summed E-state index contributed by atoms with van der Waals surface area (Å²) >= 11 is 0. The first-order valence-corrected chi connectivity index (χ1v) is 6.52. The number of nitrogens with one attached hydrogen (secondary N) is 1. The number of amides is 1. The van der Waals surface area contributed by atoms with Crippen LogP contribution in [0.25, 0.3) is 0 Å². The molecule has 0 fully saturated rings. The van der Waals surface area contributed by atoms with Gasteiger partial charge in [-0.3, -0.25) is 9.78 Å². The summed E-state index contributed by atoms with van der Waals surface area (Å²) in [6, 6.07) is 8.82. The number of ether oxygens (including phenoxy) is 1. The molecule has 5 heteroatoms. The fraction of sp³-hybridized carbons (Fsp3) is 0.267. The van der Waals surface area contributed by atoms with Gasteiger partial charge in [0.25, 0.3) is 5.91 Å². The quantitative estimate of drug-likeness (QED) is 0.906. The van der Waals surface area contributed by atoms with E-state index in [9.17, 15) is 4.79 Å². The van der Waals surface area contributed by atoms with Gasteiger partial charge in [0.1, 0.15) is 5.56 Å². The summed E-state index contributed by atoms with van der Waals surface area (Å²) in [5, 5.41) is 2.89. The van der Waals surface area contributed by atoms with Crippen LogP contribution >= 0.6 is 0 Å². The number of hydrogen-bond donors (Lipinski definition) is 1. The summed E-state index contributed by atoms with van der Waals surface area (Å²) in [6.07, 6.45) is 3.30. The Bertz CT molecular complexity index is 572. The minimum atomic E-state index is -0.222. The number of nitrogens with zero attached hydrogens (tertiary/aromatic N) is 2. The second-order valence-electron chi connectivity index (χ2n) is 4.24. The van der Waals surface area contributed by atoms with E-state index in [1.165, 1.54) is 0 Å². The lowest BCUT2D eigenvalue weighted by Crippen LogP contribution is -2.27. The zero-order valence-electron chi connectivity index (χ0n) is 11.5. The Kier molecular flexibility index (Phi) is 4.65. The molecule has 2 rings (SSSR count). The number of carbonyl (C=O) groups is 1. The second kappa shape index (κ2) is 6.65. The third-order valence-electron chi connectivity index (χ3n) is 2.78. The first-order valence-electron chi connectivity index (χ1n) is 6.52. The summed E-state index contributed by atoms with van der Waals surface area (Å²) in [5.74, 6) is 0.125. The van der Waals surface area contributed by atoms with Crippen LogP contribution in [0.5, 0.6) is 5.88 Å². The fourth-order valence-electron chi connectivity index (χ4n) is 1.80. The fourth-order valence-corrected chi connectivity index (χ4v) is 1.80. The average Bonchev–Trinajstić information content (AvgIpc) is 2.49. The summed E-state index contributed by atoms with van der Waals surface area (Å²) in [4.78, 5) is 20.6. The van der Waals surface area contributed by atoms with Crippen LogP contribution in [0.15, 0.2) is 42.7 Å². The summed E-state index contributed by atoms with van der Waals surface area (Å²) in [7, 11) is 0. The van der Waals surface area contributed by atoms with Crippen LogP contribution in [-0.2, 0) is 0 Å². The van der Waals surface area contributed by atoms with Crippen LogP contribution in [-0.4, -0.2) is 22.5 Å². The molecule has 0 radical (unpaired) electrons. The number of hydrogen-bond acceptors (Lipinski definition) is 4. The lowest BCUT2D eigenvalue weighted by molar-refractivity contribution is 0.0934. The zero-order chi connectivity index (χ0) is 14.4. The van der Waals surface area contributed by atoms with Crippen molar-refractivity contribution >= 4 is 5.91 Å². The van der Waals surface area contributed by atoms with Crippen LogP contribution in [0.4, 0.5) is 0 Å². The summed E-state index contributed by atoms with van der Waals surface area (Å²) < 4.78 is 5.36. The van der Waals surface area contributed by atoms with E-state index in [1.54, 1.807) is 24.5 Å². The SMILES string of the molecule is CCOc1ncccc1C(=O)NC(C)c1ccccn1. The molecule has 0 saturated carbocycles. The Labute approximate surface area is 118 Å². The van der Waals surface area contributed by atoms with Gasteiger partial charge in [-0.05, 0) is 38.1 Å². The third kappa shape index (κ3) is 3.32. The van der Waals surface area contributed by atoms with Crippen molar-refractivity contribution in [3.05, 3.63) is 54.0 Å². The molecule has 0 aliphatic carbocycles. The Balaban J connectivity index is 2.12. The van der Waals surface area contributed by atoms with Gasteiger partial charge >= 0.3 is 0 Å². The lowest BCUT2D eigenvalue weighted by Gasteiger charge is -2.14. The largest absolute Gasteiger partial charge is 0.477 e. The van der Waals surface area contributed by atoms with Crippen LogP contribution in [0.2, 0.25) is 0 Å². The van der Waals surface area contributed by atoms with Gasteiger partial charge in [0, 0.05) is 12.4 Å². The van der Waals surface area contributed by atoms with Gasteiger partial charge in [-0.25, -0.2) is 4.98 Å². The molecule has 0 aliphatic rings. The van der Waals surface area contributed by atoms with Gasteiger partial charge in [0.05, 0.1) is 18.3 Å². The normalized spacial score (nSPS) is 11.7. The maximum atomic E-state index is 12.3. The van der Waals surface area contributed by atoms with Crippen molar-refractivity contribution in [3.8, 4) is 5.88 Å². The molecule has 0 saturated heterocycles. The van der Waals surface area contributed by atoms with Crippen LogP contribution in [0, 0.1) is 0 Å². The smallest absolute Gasteiger partial charge is 0.257 e. The van der Waals surface area contributed by atoms with E-state index in [0.717, 1.165) is 5.69 Å². The number of aromatic nitrogens is 2. The molecular weight excluding hydrogens is 254 g/mol. The van der Waals surface area contributed by atoms with Gasteiger partial charge in [-0.1, -0.05) is 6.07 Å². The van der Waals surface area contributed by atoms with Crippen molar-refractivity contribution in [2.24, 2.45) is 0 Å². The molecule has 0 bridgehead atoms. The molecule has 1 unspecified atom stereocenters. The van der Waals surface area contributed by atoms with Crippen molar-refractivity contribution in [1.82, 2.24) is 15.3 Å². The predicted molar refractivity (Wildman–Crippen MR) is 75.5 cm³/mol. The van der Waals surface area contributed by atoms with Gasteiger partial charge in [-0.2, -0.15) is 0 Å². The molecule has 1 atom stereocenters. The molecule has 2 aromatic heterocycles. The van der Waals surface area contributed by atoms with Crippen molar-refractivity contribution in [1.29, 1.82) is 0 Å². The van der Waals surface area contributed by atoms with Crippen molar-refractivity contribution in [2.75, 3.05) is 6.61 Å². The second-order valence-corrected chi connectivity index (χ2v) is 4.24. The van der Waals surface area contributed by atoms with Crippen LogP contribution in [0.3, 0.4) is 0 Å². The highest BCUT2D eigenvalue weighted by atomic mass is 16.5. The number of rotatable bonds is 5. The first-order chi connectivity index (χ1) is 9.72. The molecule has 20 heavy (non-hydrogen) atoms. The van der Waals surface area contributed by atoms with Gasteiger partial charge in [0.15, 0.2) is 0 Å². The highest BCUT2D eigenvalue weighted by Crippen LogP contribution is 2.16. The van der Waals surface area contributed by atoms with E-state index < -0.39 is 0 Å². The molecule has 1 amide bonds. The number of carbonyl (C=O) groups excluding carboxylic acids is 1. The molecule has 0 aromatic carbocycles. The Morgan fingerprint density at radius 2 is 2.05 bits per heavy atom.